The highest BCUT2D eigenvalue weighted by molar-refractivity contribution is 7.98. The molecule has 2 aromatic carbocycles. The normalized spacial score (nSPS) is 10.4. The fourth-order valence-electron chi connectivity index (χ4n) is 3.07. The summed E-state index contributed by atoms with van der Waals surface area (Å²) >= 11 is 1.54. The van der Waals surface area contributed by atoms with Crippen LogP contribution in [0.25, 0.3) is 0 Å². The van der Waals surface area contributed by atoms with Gasteiger partial charge in [-0.25, -0.2) is 9.97 Å². The van der Waals surface area contributed by atoms with Crippen molar-refractivity contribution in [1.82, 2.24) is 20.8 Å². The zero-order valence-corrected chi connectivity index (χ0v) is 19.8. The van der Waals surface area contributed by atoms with Gasteiger partial charge >= 0.3 is 0 Å². The maximum Gasteiger partial charge on any atom is 0.269 e. The van der Waals surface area contributed by atoms with Gasteiger partial charge in [-0.15, -0.1) is 0 Å². The van der Waals surface area contributed by atoms with Crippen LogP contribution >= 0.6 is 11.8 Å². The predicted molar refractivity (Wildman–Crippen MR) is 126 cm³/mol. The molecule has 33 heavy (non-hydrogen) atoms. The number of hydrogen-bond acceptors (Lipinski definition) is 7. The van der Waals surface area contributed by atoms with Crippen molar-refractivity contribution in [3.05, 3.63) is 76.6 Å². The first-order valence-corrected chi connectivity index (χ1v) is 11.2. The van der Waals surface area contributed by atoms with Crippen LogP contribution in [0.2, 0.25) is 0 Å². The SMILES string of the molecule is COc1ccc(CC(=O)NNC(=O)c2ccc(CSc3nc(C)cc(C)n3)cc2)c(OC)c1. The molecule has 9 heteroatoms. The molecule has 0 spiro atoms. The number of thioether (sulfide) groups is 1. The van der Waals surface area contributed by atoms with E-state index >= 15 is 0 Å². The second-order valence-electron chi connectivity index (χ2n) is 7.28. The molecule has 0 aliphatic carbocycles. The number of nitrogens with zero attached hydrogens (tertiary/aromatic N) is 2. The summed E-state index contributed by atoms with van der Waals surface area (Å²) < 4.78 is 10.5. The number of hydrogen-bond donors (Lipinski definition) is 2. The second kappa shape index (κ2) is 11.3. The highest BCUT2D eigenvalue weighted by Crippen LogP contribution is 2.25. The highest BCUT2D eigenvalue weighted by atomic mass is 32.2. The number of aromatic nitrogens is 2. The number of benzene rings is 2. The van der Waals surface area contributed by atoms with Gasteiger partial charge in [0, 0.05) is 34.3 Å². The number of nitrogens with one attached hydrogen (secondary N) is 2. The van der Waals surface area contributed by atoms with E-state index in [1.54, 1.807) is 37.4 Å². The van der Waals surface area contributed by atoms with Gasteiger partial charge < -0.3 is 9.47 Å². The van der Waals surface area contributed by atoms with E-state index in [2.05, 4.69) is 20.8 Å². The molecule has 172 valence electrons. The Bertz CT molecular complexity index is 1120. The van der Waals surface area contributed by atoms with Crippen molar-refractivity contribution >= 4 is 23.6 Å². The van der Waals surface area contributed by atoms with Crippen LogP contribution in [-0.2, 0) is 17.0 Å². The molecular formula is C24H26N4O4S. The first-order chi connectivity index (χ1) is 15.9. The van der Waals surface area contributed by atoms with E-state index in [1.807, 2.05) is 32.0 Å². The smallest absolute Gasteiger partial charge is 0.269 e. The van der Waals surface area contributed by atoms with Gasteiger partial charge in [0.25, 0.3) is 5.91 Å². The summed E-state index contributed by atoms with van der Waals surface area (Å²) in [5.41, 5.74) is 8.90. The van der Waals surface area contributed by atoms with E-state index in [0.29, 0.717) is 28.4 Å². The third-order valence-electron chi connectivity index (χ3n) is 4.71. The van der Waals surface area contributed by atoms with Crippen molar-refractivity contribution in [3.63, 3.8) is 0 Å². The molecule has 0 saturated carbocycles. The molecule has 0 aliphatic rings. The molecule has 3 aromatic rings. The Labute approximate surface area is 197 Å². The number of hydrazine groups is 1. The molecule has 0 bridgehead atoms. The molecule has 0 unspecified atom stereocenters. The molecule has 0 aliphatic heterocycles. The van der Waals surface area contributed by atoms with E-state index < -0.39 is 5.91 Å². The van der Waals surface area contributed by atoms with Crippen molar-refractivity contribution in [2.45, 2.75) is 31.2 Å². The molecule has 8 nitrogen and oxygen atoms in total. The number of carbonyl (C=O) groups excluding carboxylic acids is 2. The third kappa shape index (κ3) is 6.95. The molecule has 0 saturated heterocycles. The number of ether oxygens (including phenoxy) is 2. The molecule has 0 radical (unpaired) electrons. The summed E-state index contributed by atoms with van der Waals surface area (Å²) in [6.07, 6.45) is 0.0457. The lowest BCUT2D eigenvalue weighted by Gasteiger charge is -2.11. The van der Waals surface area contributed by atoms with Crippen molar-refractivity contribution < 1.29 is 19.1 Å². The lowest BCUT2D eigenvalue weighted by Crippen LogP contribution is -2.42. The number of methoxy groups -OCH3 is 2. The van der Waals surface area contributed by atoms with Gasteiger partial charge in [0.1, 0.15) is 11.5 Å². The molecule has 1 heterocycles. The first-order valence-electron chi connectivity index (χ1n) is 10.2. The van der Waals surface area contributed by atoms with Gasteiger partial charge in [-0.1, -0.05) is 30.0 Å². The van der Waals surface area contributed by atoms with Gasteiger partial charge in [-0.2, -0.15) is 0 Å². The first kappa shape index (κ1) is 24.1. The minimum Gasteiger partial charge on any atom is -0.497 e. The Kier molecular flexibility index (Phi) is 8.26. The van der Waals surface area contributed by atoms with Crippen LogP contribution < -0.4 is 20.3 Å². The topological polar surface area (TPSA) is 102 Å². The molecule has 0 fully saturated rings. The molecular weight excluding hydrogens is 440 g/mol. The largest absolute Gasteiger partial charge is 0.497 e. The van der Waals surface area contributed by atoms with E-state index in [-0.39, 0.29) is 12.3 Å². The van der Waals surface area contributed by atoms with E-state index in [0.717, 1.165) is 22.1 Å². The quantitative estimate of drug-likeness (QED) is 0.298. The Morgan fingerprint density at radius 2 is 1.61 bits per heavy atom. The van der Waals surface area contributed by atoms with Crippen molar-refractivity contribution in [3.8, 4) is 11.5 Å². The maximum atomic E-state index is 12.4. The lowest BCUT2D eigenvalue weighted by molar-refractivity contribution is -0.121. The van der Waals surface area contributed by atoms with Gasteiger partial charge in [0.2, 0.25) is 5.91 Å². The van der Waals surface area contributed by atoms with Gasteiger partial charge in [0.15, 0.2) is 5.16 Å². The van der Waals surface area contributed by atoms with Crippen LogP contribution in [0.5, 0.6) is 11.5 Å². The molecule has 3 rings (SSSR count). The van der Waals surface area contributed by atoms with Crippen LogP contribution in [0.15, 0.2) is 53.7 Å². The number of aryl methyl sites for hydroxylation is 2. The maximum absolute atomic E-state index is 12.4. The van der Waals surface area contributed by atoms with Gasteiger partial charge in [-0.3, -0.25) is 20.4 Å². The monoisotopic (exact) mass is 466 g/mol. The van der Waals surface area contributed by atoms with Crippen molar-refractivity contribution in [2.75, 3.05) is 14.2 Å². The Balaban J connectivity index is 1.50. The lowest BCUT2D eigenvalue weighted by atomic mass is 10.1. The average molecular weight is 467 g/mol. The summed E-state index contributed by atoms with van der Waals surface area (Å²) in [4.78, 5) is 33.5. The molecule has 2 N–H and O–H groups in total. The summed E-state index contributed by atoms with van der Waals surface area (Å²) in [5, 5.41) is 0.727. The van der Waals surface area contributed by atoms with Crippen LogP contribution in [0, 0.1) is 13.8 Å². The predicted octanol–water partition coefficient (Wildman–Crippen LogP) is 3.41. The van der Waals surface area contributed by atoms with Gasteiger partial charge in [0.05, 0.1) is 20.6 Å². The number of rotatable bonds is 8. The van der Waals surface area contributed by atoms with Crippen molar-refractivity contribution in [2.24, 2.45) is 0 Å². The Hall–Kier alpha value is -3.59. The van der Waals surface area contributed by atoms with E-state index in [9.17, 15) is 9.59 Å². The standard InChI is InChI=1S/C24H26N4O4S/c1-15-11-16(2)26-24(25-15)33-14-17-5-7-18(8-6-17)23(30)28-27-22(29)12-19-9-10-20(31-3)13-21(19)32-4/h5-11,13H,12,14H2,1-4H3,(H,27,29)(H,28,30). The van der Waals surface area contributed by atoms with Crippen LogP contribution in [0.3, 0.4) is 0 Å². The van der Waals surface area contributed by atoms with E-state index in [4.69, 9.17) is 9.47 Å². The van der Waals surface area contributed by atoms with E-state index in [1.165, 1.54) is 18.9 Å². The third-order valence-corrected chi connectivity index (χ3v) is 5.62. The summed E-state index contributed by atoms with van der Waals surface area (Å²) in [6, 6.07) is 14.3. The molecule has 0 atom stereocenters. The minimum absolute atomic E-state index is 0.0457. The Morgan fingerprint density at radius 1 is 0.909 bits per heavy atom. The number of amides is 2. The molecule has 2 amide bonds. The van der Waals surface area contributed by atoms with Gasteiger partial charge in [-0.05, 0) is 43.7 Å². The Morgan fingerprint density at radius 3 is 2.24 bits per heavy atom. The molecule has 1 aromatic heterocycles. The van der Waals surface area contributed by atoms with Crippen LogP contribution in [-0.4, -0.2) is 36.0 Å². The summed E-state index contributed by atoms with van der Waals surface area (Å²) in [7, 11) is 3.08. The number of carbonyl (C=O) groups is 2. The minimum atomic E-state index is -0.401. The zero-order chi connectivity index (χ0) is 23.8. The van der Waals surface area contributed by atoms with Crippen molar-refractivity contribution in [1.29, 1.82) is 0 Å². The highest BCUT2D eigenvalue weighted by Gasteiger charge is 2.12. The van der Waals surface area contributed by atoms with Crippen LogP contribution in [0.4, 0.5) is 0 Å². The van der Waals surface area contributed by atoms with Crippen LogP contribution in [0.1, 0.15) is 32.9 Å². The average Bonchev–Trinajstić information content (AvgIpc) is 2.81. The fourth-order valence-corrected chi connectivity index (χ4v) is 3.98. The second-order valence-corrected chi connectivity index (χ2v) is 8.22. The zero-order valence-electron chi connectivity index (χ0n) is 19.0. The fraction of sp³-hybridized carbons (Fsp3) is 0.250. The summed E-state index contributed by atoms with van der Waals surface area (Å²) in [6.45, 7) is 3.89. The summed E-state index contributed by atoms with van der Waals surface area (Å²) in [5.74, 6) is 1.09.